The van der Waals surface area contributed by atoms with Crippen molar-refractivity contribution in [3.63, 3.8) is 0 Å². The highest BCUT2D eigenvalue weighted by atomic mass is 32.1. The van der Waals surface area contributed by atoms with Crippen LogP contribution in [0.4, 0.5) is 0 Å². The number of benzene rings is 3. The zero-order valence-electron chi connectivity index (χ0n) is 18.2. The van der Waals surface area contributed by atoms with Gasteiger partial charge in [-0.2, -0.15) is 0 Å². The summed E-state index contributed by atoms with van der Waals surface area (Å²) >= 11 is 1.49. The van der Waals surface area contributed by atoms with Gasteiger partial charge in [0.15, 0.2) is 0 Å². The molecule has 0 aliphatic rings. The summed E-state index contributed by atoms with van der Waals surface area (Å²) in [7, 11) is 0. The van der Waals surface area contributed by atoms with Crippen LogP contribution in [0.25, 0.3) is 21.2 Å². The second-order valence-electron chi connectivity index (χ2n) is 8.62. The molecular weight excluding hydrogens is 416 g/mol. The minimum atomic E-state index is -0.286. The molecule has 0 aliphatic heterocycles. The van der Waals surface area contributed by atoms with Gasteiger partial charge in [0, 0.05) is 23.4 Å². The quantitative estimate of drug-likeness (QED) is 0.383. The Morgan fingerprint density at radius 2 is 1.34 bits per heavy atom. The highest BCUT2D eigenvalue weighted by Gasteiger charge is 2.21. The van der Waals surface area contributed by atoms with E-state index < -0.39 is 0 Å². The zero-order chi connectivity index (χ0) is 22.6. The fourth-order valence-electron chi connectivity index (χ4n) is 3.43. The number of hydrogen-bond acceptors (Lipinski definition) is 3. The van der Waals surface area contributed by atoms with E-state index in [0.29, 0.717) is 23.5 Å². The van der Waals surface area contributed by atoms with E-state index in [0.717, 1.165) is 21.2 Å². The summed E-state index contributed by atoms with van der Waals surface area (Å²) in [5.74, 6) is -0.198. The molecule has 0 aliphatic carbocycles. The Bertz CT molecular complexity index is 1190. The third-order valence-electron chi connectivity index (χ3n) is 5.36. The molecule has 4 rings (SSSR count). The lowest BCUT2D eigenvalue weighted by atomic mass is 9.93. The van der Waals surface area contributed by atoms with Crippen molar-refractivity contribution in [3.8, 4) is 11.1 Å². The number of carbonyl (C=O) groups is 2. The zero-order valence-corrected chi connectivity index (χ0v) is 19.0. The molecule has 5 heteroatoms. The predicted octanol–water partition coefficient (Wildman–Crippen LogP) is 5.75. The summed E-state index contributed by atoms with van der Waals surface area (Å²) in [6.07, 6.45) is 0. The summed E-state index contributed by atoms with van der Waals surface area (Å²) in [5.41, 5.74) is 2.53. The molecule has 4 nitrogen and oxygen atoms in total. The van der Waals surface area contributed by atoms with Crippen molar-refractivity contribution in [1.29, 1.82) is 0 Å². The second kappa shape index (κ2) is 9.37. The first-order valence-corrected chi connectivity index (χ1v) is 11.4. The van der Waals surface area contributed by atoms with Gasteiger partial charge < -0.3 is 10.6 Å². The minimum absolute atomic E-state index is 0.0814. The first kappa shape index (κ1) is 21.8. The van der Waals surface area contributed by atoms with Crippen molar-refractivity contribution in [2.75, 3.05) is 13.1 Å². The topological polar surface area (TPSA) is 58.2 Å². The Kier molecular flexibility index (Phi) is 6.37. The Morgan fingerprint density at radius 3 is 2.03 bits per heavy atom. The molecule has 162 valence electrons. The fraction of sp³-hybridized carbons (Fsp3) is 0.185. The van der Waals surface area contributed by atoms with Crippen molar-refractivity contribution in [2.45, 2.75) is 13.8 Å². The molecule has 0 atom stereocenters. The Morgan fingerprint density at radius 1 is 0.750 bits per heavy atom. The van der Waals surface area contributed by atoms with Crippen molar-refractivity contribution < 1.29 is 9.59 Å². The SMILES string of the molecule is CC(C)(CNC(=O)c1ccc(-c2ccccc2)cc1)CNC(=O)c1cc2ccccc2s1. The normalized spacial score (nSPS) is 11.3. The molecule has 1 aromatic heterocycles. The lowest BCUT2D eigenvalue weighted by molar-refractivity contribution is 0.0922. The van der Waals surface area contributed by atoms with Gasteiger partial charge >= 0.3 is 0 Å². The van der Waals surface area contributed by atoms with Gasteiger partial charge in [-0.1, -0.05) is 74.5 Å². The van der Waals surface area contributed by atoms with Gasteiger partial charge in [0.2, 0.25) is 0 Å². The third kappa shape index (κ3) is 5.24. The molecule has 0 unspecified atom stereocenters. The maximum absolute atomic E-state index is 12.6. The molecule has 0 bridgehead atoms. The van der Waals surface area contributed by atoms with E-state index in [2.05, 4.69) is 10.6 Å². The van der Waals surface area contributed by atoms with Gasteiger partial charge in [-0.15, -0.1) is 11.3 Å². The number of nitrogens with one attached hydrogen (secondary N) is 2. The summed E-state index contributed by atoms with van der Waals surface area (Å²) < 4.78 is 1.10. The van der Waals surface area contributed by atoms with Crippen LogP contribution in [0.3, 0.4) is 0 Å². The fourth-order valence-corrected chi connectivity index (χ4v) is 4.41. The minimum Gasteiger partial charge on any atom is -0.351 e. The lowest BCUT2D eigenvalue weighted by Crippen LogP contribution is -2.41. The van der Waals surface area contributed by atoms with Crippen LogP contribution in [0, 0.1) is 5.41 Å². The molecule has 4 aromatic rings. The van der Waals surface area contributed by atoms with Crippen LogP contribution >= 0.6 is 11.3 Å². The average Bonchev–Trinajstić information content (AvgIpc) is 3.26. The van der Waals surface area contributed by atoms with Crippen molar-refractivity contribution >= 4 is 33.2 Å². The van der Waals surface area contributed by atoms with Gasteiger partial charge in [-0.25, -0.2) is 0 Å². The smallest absolute Gasteiger partial charge is 0.261 e. The second-order valence-corrected chi connectivity index (χ2v) is 9.71. The summed E-state index contributed by atoms with van der Waals surface area (Å²) in [5, 5.41) is 7.08. The molecule has 0 fully saturated rings. The molecular formula is C27H26N2O2S. The average molecular weight is 443 g/mol. The molecule has 0 spiro atoms. The van der Waals surface area contributed by atoms with Crippen LogP contribution in [0.15, 0.2) is 84.9 Å². The standard InChI is InChI=1S/C27H26N2O2S/c1-27(2,18-29-26(31)24-16-22-10-6-7-11-23(22)32-24)17-28-25(30)21-14-12-20(13-15-21)19-8-4-3-5-9-19/h3-16H,17-18H2,1-2H3,(H,28,30)(H,29,31). The first-order chi connectivity index (χ1) is 15.4. The number of thiophene rings is 1. The number of hydrogen-bond donors (Lipinski definition) is 2. The lowest BCUT2D eigenvalue weighted by Gasteiger charge is -2.25. The highest BCUT2D eigenvalue weighted by Crippen LogP contribution is 2.25. The molecule has 32 heavy (non-hydrogen) atoms. The maximum Gasteiger partial charge on any atom is 0.261 e. The number of amides is 2. The van der Waals surface area contributed by atoms with Gasteiger partial charge in [-0.3, -0.25) is 9.59 Å². The molecule has 0 saturated heterocycles. The van der Waals surface area contributed by atoms with E-state index in [1.54, 1.807) is 0 Å². The number of carbonyl (C=O) groups excluding carboxylic acids is 2. The van der Waals surface area contributed by atoms with Gasteiger partial charge in [0.25, 0.3) is 11.8 Å². The van der Waals surface area contributed by atoms with E-state index >= 15 is 0 Å². The van der Waals surface area contributed by atoms with E-state index in [9.17, 15) is 9.59 Å². The van der Waals surface area contributed by atoms with E-state index in [1.165, 1.54) is 11.3 Å². The molecule has 2 N–H and O–H groups in total. The number of rotatable bonds is 7. The van der Waals surface area contributed by atoms with Gasteiger partial charge in [0.05, 0.1) is 4.88 Å². The molecule has 1 heterocycles. The molecule has 0 saturated carbocycles. The monoisotopic (exact) mass is 442 g/mol. The van der Waals surface area contributed by atoms with Crippen molar-refractivity contribution in [3.05, 3.63) is 95.4 Å². The Hall–Kier alpha value is -3.44. The van der Waals surface area contributed by atoms with Crippen molar-refractivity contribution in [1.82, 2.24) is 10.6 Å². The summed E-state index contributed by atoms with van der Waals surface area (Å²) in [4.78, 5) is 25.9. The van der Waals surface area contributed by atoms with E-state index in [1.807, 2.05) is 98.8 Å². The number of fused-ring (bicyclic) bond motifs is 1. The van der Waals surface area contributed by atoms with Crippen LogP contribution in [0.5, 0.6) is 0 Å². The third-order valence-corrected chi connectivity index (χ3v) is 6.47. The van der Waals surface area contributed by atoms with Gasteiger partial charge in [0.1, 0.15) is 0 Å². The van der Waals surface area contributed by atoms with Crippen LogP contribution in [-0.2, 0) is 0 Å². The summed E-state index contributed by atoms with van der Waals surface area (Å²) in [6.45, 7) is 4.97. The largest absolute Gasteiger partial charge is 0.351 e. The molecule has 3 aromatic carbocycles. The Balaban J connectivity index is 1.30. The van der Waals surface area contributed by atoms with Crippen LogP contribution in [-0.4, -0.2) is 24.9 Å². The Labute approximate surface area is 192 Å². The van der Waals surface area contributed by atoms with E-state index in [4.69, 9.17) is 0 Å². The van der Waals surface area contributed by atoms with Crippen LogP contribution in [0.2, 0.25) is 0 Å². The van der Waals surface area contributed by atoms with Gasteiger partial charge in [-0.05, 0) is 46.2 Å². The first-order valence-electron chi connectivity index (χ1n) is 10.6. The van der Waals surface area contributed by atoms with Crippen LogP contribution < -0.4 is 10.6 Å². The predicted molar refractivity (Wildman–Crippen MR) is 132 cm³/mol. The van der Waals surface area contributed by atoms with Crippen molar-refractivity contribution in [2.24, 2.45) is 5.41 Å². The van der Waals surface area contributed by atoms with E-state index in [-0.39, 0.29) is 17.2 Å². The molecule has 0 radical (unpaired) electrons. The van der Waals surface area contributed by atoms with Crippen LogP contribution in [0.1, 0.15) is 33.9 Å². The molecule has 2 amide bonds. The maximum atomic E-state index is 12.6. The summed E-state index contributed by atoms with van der Waals surface area (Å²) in [6, 6.07) is 27.6. The highest BCUT2D eigenvalue weighted by molar-refractivity contribution is 7.20.